The minimum atomic E-state index is -4.88. The third kappa shape index (κ3) is 6.00. The molecule has 0 radical (unpaired) electrons. The van der Waals surface area contributed by atoms with E-state index in [9.17, 15) is 34.8 Å². The van der Waals surface area contributed by atoms with E-state index in [1.807, 2.05) is 0 Å². The molecule has 42 heavy (non-hydrogen) atoms. The minimum Gasteiger partial charge on any atom is -0.406 e. The standard InChI is InChI=1S/C27H19F6N5O3S/c1-37-23(13-22(35-37)26(29)30)21-8-5-16(17-9-18(28)12-20(10-17)42(2,39)40)11-24(21)38-25(14-34-36-38)15-3-6-19(7-4-15)41-27(31,32)33/h3-14,26H,1-2H3. The van der Waals surface area contributed by atoms with Gasteiger partial charge in [-0.3, -0.25) is 4.68 Å². The number of rotatable bonds is 7. The molecule has 0 fully saturated rings. The molecule has 0 bridgehead atoms. The third-order valence-electron chi connectivity index (χ3n) is 6.19. The highest BCUT2D eigenvalue weighted by Gasteiger charge is 2.31. The largest absolute Gasteiger partial charge is 0.573 e. The van der Waals surface area contributed by atoms with Crippen molar-refractivity contribution in [2.75, 3.05) is 6.26 Å². The van der Waals surface area contributed by atoms with Crippen LogP contribution >= 0.6 is 0 Å². The van der Waals surface area contributed by atoms with Crippen LogP contribution in [0.5, 0.6) is 5.75 Å². The number of alkyl halides is 5. The molecular formula is C27H19F6N5O3S. The Hall–Kier alpha value is -4.66. The number of sulfone groups is 1. The van der Waals surface area contributed by atoms with Crippen LogP contribution in [0.2, 0.25) is 0 Å². The van der Waals surface area contributed by atoms with Crippen molar-refractivity contribution in [1.82, 2.24) is 24.8 Å². The number of nitrogens with zero attached hydrogens (tertiary/aromatic N) is 5. The smallest absolute Gasteiger partial charge is 0.406 e. The Balaban J connectivity index is 1.69. The molecule has 0 amide bonds. The summed E-state index contributed by atoms with van der Waals surface area (Å²) in [6.07, 6.45) is -5.45. The monoisotopic (exact) mass is 607 g/mol. The van der Waals surface area contributed by atoms with Crippen LogP contribution in [0.1, 0.15) is 12.1 Å². The van der Waals surface area contributed by atoms with E-state index >= 15 is 0 Å². The maximum absolute atomic E-state index is 14.5. The van der Waals surface area contributed by atoms with Crippen LogP contribution in [0.25, 0.3) is 39.3 Å². The van der Waals surface area contributed by atoms with E-state index in [1.165, 1.54) is 52.9 Å². The molecule has 5 rings (SSSR count). The van der Waals surface area contributed by atoms with Gasteiger partial charge in [-0.2, -0.15) is 5.10 Å². The van der Waals surface area contributed by atoms with Crippen molar-refractivity contribution in [3.8, 4) is 45.1 Å². The topological polar surface area (TPSA) is 91.9 Å². The van der Waals surface area contributed by atoms with Gasteiger partial charge >= 0.3 is 6.36 Å². The van der Waals surface area contributed by atoms with E-state index in [4.69, 9.17) is 0 Å². The lowest BCUT2D eigenvalue weighted by molar-refractivity contribution is -0.274. The van der Waals surface area contributed by atoms with Crippen LogP contribution in [-0.4, -0.2) is 45.8 Å². The second kappa shape index (κ2) is 10.6. The lowest BCUT2D eigenvalue weighted by Crippen LogP contribution is -2.16. The number of ether oxygens (including phenoxy) is 1. The highest BCUT2D eigenvalue weighted by Crippen LogP contribution is 2.36. The summed E-state index contributed by atoms with van der Waals surface area (Å²) in [5.41, 5.74) is 1.63. The Morgan fingerprint density at radius 3 is 2.19 bits per heavy atom. The van der Waals surface area contributed by atoms with Crippen molar-refractivity contribution >= 4 is 9.84 Å². The molecular weight excluding hydrogens is 588 g/mol. The Kier molecular flexibility index (Phi) is 7.30. The predicted molar refractivity (Wildman–Crippen MR) is 139 cm³/mol. The molecule has 15 heteroatoms. The summed E-state index contributed by atoms with van der Waals surface area (Å²) in [4.78, 5) is -0.251. The fourth-order valence-electron chi connectivity index (χ4n) is 4.33. The first-order valence-corrected chi connectivity index (χ1v) is 13.8. The van der Waals surface area contributed by atoms with E-state index in [-0.39, 0.29) is 21.8 Å². The van der Waals surface area contributed by atoms with E-state index < -0.39 is 39.9 Å². The van der Waals surface area contributed by atoms with Gasteiger partial charge in [0.2, 0.25) is 0 Å². The van der Waals surface area contributed by atoms with Crippen LogP contribution in [0, 0.1) is 5.82 Å². The second-order valence-electron chi connectivity index (χ2n) is 9.16. The van der Waals surface area contributed by atoms with Crippen molar-refractivity contribution < 1.29 is 39.5 Å². The summed E-state index contributed by atoms with van der Waals surface area (Å²) in [5.74, 6) is -1.25. The molecule has 0 aliphatic carbocycles. The number of hydrogen-bond donors (Lipinski definition) is 0. The van der Waals surface area contributed by atoms with Crippen molar-refractivity contribution in [3.05, 3.63) is 84.4 Å². The van der Waals surface area contributed by atoms with Crippen molar-refractivity contribution in [2.45, 2.75) is 17.7 Å². The van der Waals surface area contributed by atoms with Gasteiger partial charge in [0.15, 0.2) is 9.84 Å². The molecule has 0 N–H and O–H groups in total. The third-order valence-corrected chi connectivity index (χ3v) is 7.28. The average molecular weight is 608 g/mol. The number of benzene rings is 3. The summed E-state index contributed by atoms with van der Waals surface area (Å²) >= 11 is 0. The SMILES string of the molecule is Cn1nc(C(F)F)cc1-c1ccc(-c2cc(F)cc(S(C)(=O)=O)c2)cc1-n1nncc1-c1ccc(OC(F)(F)F)cc1. The molecule has 0 unspecified atom stereocenters. The van der Waals surface area contributed by atoms with E-state index in [0.717, 1.165) is 30.5 Å². The van der Waals surface area contributed by atoms with Gasteiger partial charge in [-0.05, 0) is 65.7 Å². The van der Waals surface area contributed by atoms with Crippen molar-refractivity contribution in [2.24, 2.45) is 7.05 Å². The Bertz CT molecular complexity index is 1880. The van der Waals surface area contributed by atoms with Crippen molar-refractivity contribution in [3.63, 3.8) is 0 Å². The Morgan fingerprint density at radius 2 is 1.57 bits per heavy atom. The summed E-state index contributed by atoms with van der Waals surface area (Å²) < 4.78 is 110. The zero-order chi connectivity index (χ0) is 30.4. The number of hydrogen-bond acceptors (Lipinski definition) is 6. The first-order valence-electron chi connectivity index (χ1n) is 11.9. The molecule has 5 aromatic rings. The fourth-order valence-corrected chi connectivity index (χ4v) is 5.00. The molecule has 0 spiro atoms. The molecule has 218 valence electrons. The normalized spacial score (nSPS) is 12.2. The Morgan fingerprint density at radius 1 is 0.881 bits per heavy atom. The van der Waals surface area contributed by atoms with Crippen LogP contribution in [0.4, 0.5) is 26.3 Å². The predicted octanol–water partition coefficient (Wildman–Crippen LogP) is 6.38. The summed E-state index contributed by atoms with van der Waals surface area (Å²) in [7, 11) is -2.30. The lowest BCUT2D eigenvalue weighted by atomic mass is 10.00. The van der Waals surface area contributed by atoms with Gasteiger partial charge < -0.3 is 4.74 Å². The number of aryl methyl sites for hydroxylation is 1. The maximum atomic E-state index is 14.5. The van der Waals surface area contributed by atoms with E-state index in [1.54, 1.807) is 12.1 Å². The molecule has 2 aromatic heterocycles. The second-order valence-corrected chi connectivity index (χ2v) is 11.2. The number of aromatic nitrogens is 5. The number of halogens is 6. The van der Waals surface area contributed by atoms with Gasteiger partial charge in [-0.1, -0.05) is 17.3 Å². The highest BCUT2D eigenvalue weighted by atomic mass is 32.2. The average Bonchev–Trinajstić information content (AvgIpc) is 3.54. The van der Waals surface area contributed by atoms with Crippen LogP contribution in [-0.2, 0) is 16.9 Å². The van der Waals surface area contributed by atoms with E-state index in [0.29, 0.717) is 22.4 Å². The minimum absolute atomic E-state index is 0.205. The molecule has 0 saturated carbocycles. The zero-order valence-electron chi connectivity index (χ0n) is 21.6. The zero-order valence-corrected chi connectivity index (χ0v) is 22.5. The van der Waals surface area contributed by atoms with Gasteiger partial charge in [0.1, 0.15) is 17.3 Å². The van der Waals surface area contributed by atoms with Crippen LogP contribution < -0.4 is 4.74 Å². The first kappa shape index (κ1) is 28.9. The Labute approximate surface area is 234 Å². The molecule has 0 aliphatic heterocycles. The quantitative estimate of drug-likeness (QED) is 0.200. The van der Waals surface area contributed by atoms with Crippen molar-refractivity contribution in [1.29, 1.82) is 0 Å². The molecule has 0 atom stereocenters. The molecule has 0 aliphatic rings. The molecule has 0 saturated heterocycles. The fraction of sp³-hybridized carbons (Fsp3) is 0.148. The van der Waals surface area contributed by atoms with Crippen LogP contribution in [0.15, 0.2) is 77.8 Å². The molecule has 3 aromatic carbocycles. The summed E-state index contributed by atoms with van der Waals surface area (Å²) in [6, 6.07) is 14.0. The first-order chi connectivity index (χ1) is 19.7. The van der Waals surface area contributed by atoms with Gasteiger partial charge in [0.25, 0.3) is 6.43 Å². The van der Waals surface area contributed by atoms with E-state index in [2.05, 4.69) is 20.1 Å². The molecule has 8 nitrogen and oxygen atoms in total. The van der Waals surface area contributed by atoms with Gasteiger partial charge in [-0.25, -0.2) is 26.3 Å². The van der Waals surface area contributed by atoms with Gasteiger partial charge in [-0.15, -0.1) is 18.3 Å². The van der Waals surface area contributed by atoms with Gasteiger partial charge in [0, 0.05) is 24.4 Å². The summed E-state index contributed by atoms with van der Waals surface area (Å²) in [6.45, 7) is 0. The van der Waals surface area contributed by atoms with Gasteiger partial charge in [0.05, 0.1) is 28.2 Å². The highest BCUT2D eigenvalue weighted by molar-refractivity contribution is 7.90. The summed E-state index contributed by atoms with van der Waals surface area (Å²) in [5, 5.41) is 11.9. The molecule has 2 heterocycles. The maximum Gasteiger partial charge on any atom is 0.573 e. The lowest BCUT2D eigenvalue weighted by Gasteiger charge is -2.15. The van der Waals surface area contributed by atoms with Crippen LogP contribution in [0.3, 0.4) is 0 Å².